The topological polar surface area (TPSA) is 135 Å². The standard InChI is InChI=1S/C19H17N5O4/c20-17(26)16-11(5-6-21-23-16)7-10-1-2-13-12(8-10)9-24(19(13)28)14-3-4-15(25)22-18(14)27/h1-2,5-6,8,14H,3-4,7,9H2,(H2,20,26)(H,22,25,27). The van der Waals surface area contributed by atoms with Crippen molar-refractivity contribution >= 4 is 23.6 Å². The summed E-state index contributed by atoms with van der Waals surface area (Å²) in [4.78, 5) is 49.2. The average molecular weight is 379 g/mol. The number of amides is 4. The van der Waals surface area contributed by atoms with Gasteiger partial charge in [0.1, 0.15) is 6.04 Å². The fourth-order valence-electron chi connectivity index (χ4n) is 3.67. The lowest BCUT2D eigenvalue weighted by Gasteiger charge is -2.29. The zero-order valence-corrected chi connectivity index (χ0v) is 14.8. The number of hydrogen-bond donors (Lipinski definition) is 2. The molecule has 4 rings (SSSR count). The predicted molar refractivity (Wildman–Crippen MR) is 95.8 cm³/mol. The predicted octanol–water partition coefficient (Wildman–Crippen LogP) is -0.0727. The fourth-order valence-corrected chi connectivity index (χ4v) is 3.67. The molecule has 9 nitrogen and oxygen atoms in total. The Bertz CT molecular complexity index is 1020. The number of carbonyl (C=O) groups is 4. The number of hydrogen-bond acceptors (Lipinski definition) is 6. The number of nitrogens with two attached hydrogens (primary N) is 1. The first kappa shape index (κ1) is 17.8. The highest BCUT2D eigenvalue weighted by Crippen LogP contribution is 2.28. The van der Waals surface area contributed by atoms with Gasteiger partial charge < -0.3 is 10.6 Å². The fraction of sp³-hybridized carbons (Fsp3) is 0.263. The molecule has 1 atom stereocenters. The zero-order chi connectivity index (χ0) is 19.8. The number of aromatic nitrogens is 2. The van der Waals surface area contributed by atoms with E-state index in [1.165, 1.54) is 11.1 Å². The Labute approximate surface area is 159 Å². The Hall–Kier alpha value is -3.62. The molecule has 2 aromatic rings. The highest BCUT2D eigenvalue weighted by Gasteiger charge is 2.39. The average Bonchev–Trinajstić information content (AvgIpc) is 2.98. The third-order valence-corrected chi connectivity index (χ3v) is 5.02. The maximum atomic E-state index is 12.7. The SMILES string of the molecule is NC(=O)c1nnccc1Cc1ccc2c(c1)CN(C1CCC(=O)NC1=O)C2=O. The second kappa shape index (κ2) is 6.84. The number of fused-ring (bicyclic) bond motifs is 1. The molecule has 0 saturated carbocycles. The van der Waals surface area contributed by atoms with E-state index in [9.17, 15) is 19.2 Å². The van der Waals surface area contributed by atoms with Crippen LogP contribution < -0.4 is 11.1 Å². The van der Waals surface area contributed by atoms with Gasteiger partial charge in [-0.3, -0.25) is 24.5 Å². The van der Waals surface area contributed by atoms with Crippen molar-refractivity contribution in [2.24, 2.45) is 5.73 Å². The number of benzene rings is 1. The minimum absolute atomic E-state index is 0.115. The summed E-state index contributed by atoms with van der Waals surface area (Å²) in [6, 6.07) is 6.44. The van der Waals surface area contributed by atoms with E-state index in [0.717, 1.165) is 11.1 Å². The molecule has 1 aromatic heterocycles. The molecule has 9 heteroatoms. The van der Waals surface area contributed by atoms with E-state index in [1.807, 2.05) is 6.07 Å². The van der Waals surface area contributed by atoms with Crippen molar-refractivity contribution in [1.82, 2.24) is 20.4 Å². The first-order chi connectivity index (χ1) is 13.4. The molecular formula is C19H17N5O4. The van der Waals surface area contributed by atoms with Gasteiger partial charge in [-0.1, -0.05) is 12.1 Å². The summed E-state index contributed by atoms with van der Waals surface area (Å²) in [5.41, 5.74) is 8.33. The molecule has 1 saturated heterocycles. The van der Waals surface area contributed by atoms with Crippen molar-refractivity contribution in [3.63, 3.8) is 0 Å². The molecule has 4 amide bonds. The van der Waals surface area contributed by atoms with Crippen molar-refractivity contribution in [1.29, 1.82) is 0 Å². The van der Waals surface area contributed by atoms with E-state index >= 15 is 0 Å². The number of carbonyl (C=O) groups excluding carboxylic acids is 4. The molecular weight excluding hydrogens is 362 g/mol. The van der Waals surface area contributed by atoms with Crippen LogP contribution in [0.3, 0.4) is 0 Å². The van der Waals surface area contributed by atoms with E-state index in [4.69, 9.17) is 5.73 Å². The van der Waals surface area contributed by atoms with Crippen LogP contribution in [0.5, 0.6) is 0 Å². The van der Waals surface area contributed by atoms with E-state index in [0.29, 0.717) is 30.5 Å². The highest BCUT2D eigenvalue weighted by molar-refractivity contribution is 6.05. The summed E-state index contributed by atoms with van der Waals surface area (Å²) >= 11 is 0. The van der Waals surface area contributed by atoms with Crippen LogP contribution in [0, 0.1) is 0 Å². The van der Waals surface area contributed by atoms with Gasteiger partial charge in [-0.05, 0) is 41.7 Å². The van der Waals surface area contributed by atoms with Gasteiger partial charge in [0.15, 0.2) is 5.69 Å². The normalized spacial score (nSPS) is 18.8. The summed E-state index contributed by atoms with van der Waals surface area (Å²) in [6.45, 7) is 0.297. The van der Waals surface area contributed by atoms with E-state index in [1.54, 1.807) is 18.2 Å². The van der Waals surface area contributed by atoms with Crippen molar-refractivity contribution in [2.45, 2.75) is 31.8 Å². The van der Waals surface area contributed by atoms with Gasteiger partial charge in [-0.25, -0.2) is 0 Å². The Balaban J connectivity index is 1.57. The van der Waals surface area contributed by atoms with Crippen LogP contribution in [0.15, 0.2) is 30.5 Å². The number of piperidine rings is 1. The van der Waals surface area contributed by atoms with E-state index < -0.39 is 17.9 Å². The van der Waals surface area contributed by atoms with Crippen LogP contribution >= 0.6 is 0 Å². The smallest absolute Gasteiger partial charge is 0.269 e. The van der Waals surface area contributed by atoms with Crippen LogP contribution in [-0.4, -0.2) is 44.8 Å². The lowest BCUT2D eigenvalue weighted by atomic mass is 10.00. The summed E-state index contributed by atoms with van der Waals surface area (Å²) in [6.07, 6.45) is 2.44. The molecule has 2 aliphatic heterocycles. The lowest BCUT2D eigenvalue weighted by molar-refractivity contribution is -0.136. The van der Waals surface area contributed by atoms with Gasteiger partial charge in [0.05, 0.1) is 0 Å². The number of nitrogens with zero attached hydrogens (tertiary/aromatic N) is 3. The van der Waals surface area contributed by atoms with E-state index in [-0.39, 0.29) is 23.9 Å². The molecule has 0 radical (unpaired) electrons. The number of nitrogens with one attached hydrogen (secondary N) is 1. The summed E-state index contributed by atoms with van der Waals surface area (Å²) < 4.78 is 0. The number of rotatable bonds is 4. The van der Waals surface area contributed by atoms with Crippen molar-refractivity contribution in [3.05, 3.63) is 58.4 Å². The highest BCUT2D eigenvalue weighted by atomic mass is 16.2. The van der Waals surface area contributed by atoms with Crippen LogP contribution in [0.1, 0.15) is 50.4 Å². The molecule has 1 unspecified atom stereocenters. The first-order valence-electron chi connectivity index (χ1n) is 8.81. The quantitative estimate of drug-likeness (QED) is 0.714. The molecule has 3 N–H and O–H groups in total. The van der Waals surface area contributed by atoms with Gasteiger partial charge in [-0.15, -0.1) is 5.10 Å². The van der Waals surface area contributed by atoms with E-state index in [2.05, 4.69) is 15.5 Å². The Kier molecular flexibility index (Phi) is 4.34. The lowest BCUT2D eigenvalue weighted by Crippen LogP contribution is -2.52. The molecule has 3 heterocycles. The third-order valence-electron chi connectivity index (χ3n) is 5.02. The third kappa shape index (κ3) is 3.11. The minimum atomic E-state index is -0.650. The zero-order valence-electron chi connectivity index (χ0n) is 14.8. The summed E-state index contributed by atoms with van der Waals surface area (Å²) in [5.74, 6) is -1.63. The monoisotopic (exact) mass is 379 g/mol. The Morgan fingerprint density at radius 2 is 2.07 bits per heavy atom. The molecule has 0 aliphatic carbocycles. The summed E-state index contributed by atoms with van der Waals surface area (Å²) in [7, 11) is 0. The molecule has 1 aromatic carbocycles. The molecule has 0 spiro atoms. The van der Waals surface area contributed by atoms with Gasteiger partial charge in [-0.2, -0.15) is 5.10 Å². The van der Waals surface area contributed by atoms with Gasteiger partial charge in [0.25, 0.3) is 11.8 Å². The van der Waals surface area contributed by atoms with Crippen LogP contribution in [0.4, 0.5) is 0 Å². The van der Waals surface area contributed by atoms with Crippen LogP contribution in [0.2, 0.25) is 0 Å². The molecule has 28 heavy (non-hydrogen) atoms. The van der Waals surface area contributed by atoms with Crippen molar-refractivity contribution < 1.29 is 19.2 Å². The van der Waals surface area contributed by atoms with Crippen LogP contribution in [0.25, 0.3) is 0 Å². The van der Waals surface area contributed by atoms with Crippen molar-refractivity contribution in [2.75, 3.05) is 0 Å². The number of imide groups is 1. The van der Waals surface area contributed by atoms with Gasteiger partial charge in [0, 0.05) is 24.7 Å². The molecule has 2 aliphatic rings. The van der Waals surface area contributed by atoms with Crippen LogP contribution in [-0.2, 0) is 22.6 Å². The second-order valence-corrected chi connectivity index (χ2v) is 6.84. The molecule has 0 bridgehead atoms. The summed E-state index contributed by atoms with van der Waals surface area (Å²) in [5, 5.41) is 9.76. The maximum absolute atomic E-state index is 12.7. The Morgan fingerprint density at radius 1 is 1.25 bits per heavy atom. The Morgan fingerprint density at radius 3 is 2.82 bits per heavy atom. The second-order valence-electron chi connectivity index (χ2n) is 6.84. The minimum Gasteiger partial charge on any atom is -0.364 e. The maximum Gasteiger partial charge on any atom is 0.269 e. The first-order valence-corrected chi connectivity index (χ1v) is 8.81. The van der Waals surface area contributed by atoms with Gasteiger partial charge in [0.2, 0.25) is 11.8 Å². The molecule has 1 fully saturated rings. The number of primary amides is 1. The van der Waals surface area contributed by atoms with Crippen molar-refractivity contribution in [3.8, 4) is 0 Å². The largest absolute Gasteiger partial charge is 0.364 e. The van der Waals surface area contributed by atoms with Gasteiger partial charge >= 0.3 is 0 Å². The molecule has 142 valence electrons.